The summed E-state index contributed by atoms with van der Waals surface area (Å²) in [7, 11) is 0. The predicted octanol–water partition coefficient (Wildman–Crippen LogP) is 3.94. The Morgan fingerprint density at radius 1 is 1.29 bits per heavy atom. The number of H-pyrrole nitrogens is 1. The zero-order chi connectivity index (χ0) is 15.6. The molecule has 0 saturated heterocycles. The number of alkyl halides is 3. The summed E-state index contributed by atoms with van der Waals surface area (Å²) in [6, 6.07) is 4.36. The van der Waals surface area contributed by atoms with Crippen molar-refractivity contribution in [2.45, 2.75) is 20.0 Å². The van der Waals surface area contributed by atoms with Crippen LogP contribution in [0.3, 0.4) is 0 Å². The summed E-state index contributed by atoms with van der Waals surface area (Å²) in [4.78, 5) is 12.0. The van der Waals surface area contributed by atoms with Gasteiger partial charge in [0.2, 0.25) is 0 Å². The van der Waals surface area contributed by atoms with Gasteiger partial charge in [-0.3, -0.25) is 9.89 Å². The van der Waals surface area contributed by atoms with Gasteiger partial charge in [-0.05, 0) is 38.1 Å². The Balaban J connectivity index is 2.25. The third-order valence-electron chi connectivity index (χ3n) is 3.06. The van der Waals surface area contributed by atoms with Crippen LogP contribution in [0.2, 0.25) is 0 Å². The van der Waals surface area contributed by atoms with E-state index in [9.17, 15) is 18.0 Å². The molecule has 1 aromatic carbocycles. The maximum atomic E-state index is 12.6. The van der Waals surface area contributed by atoms with E-state index in [-0.39, 0.29) is 5.56 Å². The van der Waals surface area contributed by atoms with Crippen molar-refractivity contribution in [3.05, 3.63) is 58.4 Å². The quantitative estimate of drug-likeness (QED) is 0.688. The van der Waals surface area contributed by atoms with E-state index in [1.807, 2.05) is 0 Å². The van der Waals surface area contributed by atoms with Crippen molar-refractivity contribution in [3.8, 4) is 0 Å². The molecule has 110 valence electrons. The minimum atomic E-state index is -4.46. The SMILES string of the molecule is Cc1n[nH]c(C)c1C=CC(=O)c1cccc(C(F)(F)F)c1. The standard InChI is InChI=1S/C15H13F3N2O/c1-9-13(10(2)20-19-9)6-7-14(21)11-4-3-5-12(8-11)15(16,17)18/h3-8H,1-2H3,(H,19,20). The molecule has 1 N–H and O–H groups in total. The number of rotatable bonds is 3. The Labute approximate surface area is 119 Å². The number of allylic oxidation sites excluding steroid dienone is 1. The maximum absolute atomic E-state index is 12.6. The van der Waals surface area contributed by atoms with Crippen molar-refractivity contribution in [2.24, 2.45) is 0 Å². The molecule has 0 atom stereocenters. The van der Waals surface area contributed by atoms with E-state index < -0.39 is 17.5 Å². The van der Waals surface area contributed by atoms with E-state index >= 15 is 0 Å². The van der Waals surface area contributed by atoms with Crippen LogP contribution in [0.1, 0.15) is 32.9 Å². The summed E-state index contributed by atoms with van der Waals surface area (Å²) in [5, 5.41) is 6.75. The number of aryl methyl sites for hydroxylation is 2. The molecule has 3 nitrogen and oxygen atoms in total. The minimum absolute atomic E-state index is 0.000115. The molecule has 1 heterocycles. The van der Waals surface area contributed by atoms with Crippen molar-refractivity contribution in [2.75, 3.05) is 0 Å². The highest BCUT2D eigenvalue weighted by atomic mass is 19.4. The van der Waals surface area contributed by atoms with Crippen molar-refractivity contribution >= 4 is 11.9 Å². The lowest BCUT2D eigenvalue weighted by molar-refractivity contribution is -0.137. The summed E-state index contributed by atoms with van der Waals surface area (Å²) in [5.41, 5.74) is 1.44. The summed E-state index contributed by atoms with van der Waals surface area (Å²) >= 11 is 0. The van der Waals surface area contributed by atoms with Crippen LogP contribution in [-0.2, 0) is 6.18 Å². The normalized spacial score (nSPS) is 12.0. The summed E-state index contributed by atoms with van der Waals surface area (Å²) < 4.78 is 37.8. The van der Waals surface area contributed by atoms with E-state index in [4.69, 9.17) is 0 Å². The molecule has 0 aliphatic heterocycles. The Morgan fingerprint density at radius 3 is 2.57 bits per heavy atom. The zero-order valence-corrected chi connectivity index (χ0v) is 11.5. The molecule has 0 bridgehead atoms. The van der Waals surface area contributed by atoms with Gasteiger partial charge in [-0.2, -0.15) is 18.3 Å². The highest BCUT2D eigenvalue weighted by Gasteiger charge is 2.30. The van der Waals surface area contributed by atoms with Gasteiger partial charge in [-0.1, -0.05) is 12.1 Å². The van der Waals surface area contributed by atoms with E-state index in [2.05, 4.69) is 10.2 Å². The Kier molecular flexibility index (Phi) is 3.97. The van der Waals surface area contributed by atoms with Gasteiger partial charge in [-0.15, -0.1) is 0 Å². The number of nitrogens with zero attached hydrogens (tertiary/aromatic N) is 1. The van der Waals surface area contributed by atoms with E-state index in [0.29, 0.717) is 0 Å². The first kappa shape index (κ1) is 15.0. The van der Waals surface area contributed by atoms with E-state index in [1.165, 1.54) is 18.2 Å². The van der Waals surface area contributed by atoms with Crippen LogP contribution < -0.4 is 0 Å². The monoisotopic (exact) mass is 294 g/mol. The molecule has 0 saturated carbocycles. The zero-order valence-electron chi connectivity index (χ0n) is 11.5. The summed E-state index contributed by atoms with van der Waals surface area (Å²) in [6.45, 7) is 3.58. The second kappa shape index (κ2) is 5.55. The number of ketones is 1. The lowest BCUT2D eigenvalue weighted by Gasteiger charge is -2.07. The largest absolute Gasteiger partial charge is 0.416 e. The number of carbonyl (C=O) groups is 1. The molecule has 1 aromatic heterocycles. The van der Waals surface area contributed by atoms with Gasteiger partial charge in [0.05, 0.1) is 11.3 Å². The fourth-order valence-corrected chi connectivity index (χ4v) is 1.91. The molecular weight excluding hydrogens is 281 g/mol. The van der Waals surface area contributed by atoms with Crippen LogP contribution in [0.15, 0.2) is 30.3 Å². The van der Waals surface area contributed by atoms with Crippen LogP contribution in [0.25, 0.3) is 6.08 Å². The van der Waals surface area contributed by atoms with Crippen molar-refractivity contribution in [1.29, 1.82) is 0 Å². The number of aromatic nitrogens is 2. The van der Waals surface area contributed by atoms with E-state index in [1.54, 1.807) is 19.9 Å². The van der Waals surface area contributed by atoms with Crippen LogP contribution in [0.4, 0.5) is 13.2 Å². The average Bonchev–Trinajstić information content (AvgIpc) is 2.75. The maximum Gasteiger partial charge on any atom is 0.416 e. The smallest absolute Gasteiger partial charge is 0.289 e. The molecule has 2 rings (SSSR count). The molecule has 0 spiro atoms. The number of hydrogen-bond donors (Lipinski definition) is 1. The van der Waals surface area contributed by atoms with Gasteiger partial charge in [-0.25, -0.2) is 0 Å². The lowest BCUT2D eigenvalue weighted by Crippen LogP contribution is -2.06. The first-order valence-electron chi connectivity index (χ1n) is 6.20. The first-order chi connectivity index (χ1) is 9.79. The Morgan fingerprint density at radius 2 is 2.00 bits per heavy atom. The molecule has 0 aliphatic rings. The highest BCUT2D eigenvalue weighted by molar-refractivity contribution is 6.07. The topological polar surface area (TPSA) is 45.8 Å². The molecule has 0 aliphatic carbocycles. The van der Waals surface area contributed by atoms with Gasteiger partial charge >= 0.3 is 6.18 Å². The Bertz CT molecular complexity index is 680. The van der Waals surface area contributed by atoms with Gasteiger partial charge in [0.25, 0.3) is 0 Å². The van der Waals surface area contributed by atoms with Gasteiger partial charge < -0.3 is 0 Å². The summed E-state index contributed by atoms with van der Waals surface area (Å²) in [5.74, 6) is -0.485. The number of carbonyl (C=O) groups excluding carboxylic acids is 1. The van der Waals surface area contributed by atoms with Crippen molar-refractivity contribution < 1.29 is 18.0 Å². The van der Waals surface area contributed by atoms with Crippen LogP contribution >= 0.6 is 0 Å². The third-order valence-corrected chi connectivity index (χ3v) is 3.06. The third kappa shape index (κ3) is 3.39. The number of aromatic amines is 1. The number of benzene rings is 1. The van der Waals surface area contributed by atoms with Crippen LogP contribution in [-0.4, -0.2) is 16.0 Å². The molecule has 0 radical (unpaired) electrons. The van der Waals surface area contributed by atoms with E-state index in [0.717, 1.165) is 29.1 Å². The first-order valence-corrected chi connectivity index (χ1v) is 6.20. The van der Waals surface area contributed by atoms with Crippen LogP contribution in [0.5, 0.6) is 0 Å². The van der Waals surface area contributed by atoms with Crippen molar-refractivity contribution in [3.63, 3.8) is 0 Å². The molecule has 2 aromatic rings. The molecular formula is C15H13F3N2O. The van der Waals surface area contributed by atoms with Gasteiger partial charge in [0.15, 0.2) is 5.78 Å². The average molecular weight is 294 g/mol. The molecule has 0 amide bonds. The second-order valence-corrected chi connectivity index (χ2v) is 4.62. The second-order valence-electron chi connectivity index (χ2n) is 4.62. The molecule has 0 unspecified atom stereocenters. The van der Waals surface area contributed by atoms with Gasteiger partial charge in [0.1, 0.15) is 0 Å². The van der Waals surface area contributed by atoms with Crippen molar-refractivity contribution in [1.82, 2.24) is 10.2 Å². The summed E-state index contributed by atoms with van der Waals surface area (Å²) in [6.07, 6.45) is -1.66. The minimum Gasteiger partial charge on any atom is -0.289 e. The number of hydrogen-bond acceptors (Lipinski definition) is 2. The Hall–Kier alpha value is -2.37. The highest BCUT2D eigenvalue weighted by Crippen LogP contribution is 2.29. The number of halogens is 3. The van der Waals surface area contributed by atoms with Crippen LogP contribution in [0, 0.1) is 13.8 Å². The fraction of sp³-hybridized carbons (Fsp3) is 0.200. The van der Waals surface area contributed by atoms with Gasteiger partial charge in [0, 0.05) is 16.8 Å². The fourth-order valence-electron chi connectivity index (χ4n) is 1.91. The molecule has 0 fully saturated rings. The predicted molar refractivity (Wildman–Crippen MR) is 72.9 cm³/mol. The molecule has 6 heteroatoms. The lowest BCUT2D eigenvalue weighted by atomic mass is 10.1. The number of nitrogens with one attached hydrogen (secondary N) is 1. The molecule has 21 heavy (non-hydrogen) atoms.